The number of rotatable bonds is 5. The van der Waals surface area contributed by atoms with E-state index < -0.39 is 0 Å². The Labute approximate surface area is 164 Å². The number of aromatic nitrogens is 1. The second-order valence-corrected chi connectivity index (χ2v) is 7.11. The maximum absolute atomic E-state index is 12.7. The number of amides is 1. The molecule has 0 aliphatic heterocycles. The molecular weight excluding hydrogens is 358 g/mol. The van der Waals surface area contributed by atoms with Crippen molar-refractivity contribution >= 4 is 34.6 Å². The molecule has 0 aliphatic carbocycles. The molecule has 4 nitrogen and oxygen atoms in total. The van der Waals surface area contributed by atoms with E-state index in [1.807, 2.05) is 38.1 Å². The molecule has 0 atom stereocenters. The van der Waals surface area contributed by atoms with E-state index in [9.17, 15) is 4.79 Å². The Morgan fingerprint density at radius 3 is 2.63 bits per heavy atom. The number of nitrogens with one attached hydrogen (secondary N) is 1. The summed E-state index contributed by atoms with van der Waals surface area (Å²) in [4.78, 5) is 17.4. The second kappa shape index (κ2) is 8.31. The van der Waals surface area contributed by atoms with Crippen LogP contribution in [0.5, 0.6) is 0 Å². The van der Waals surface area contributed by atoms with Crippen molar-refractivity contribution in [1.29, 1.82) is 0 Å². The standard InChI is InChI=1S/C22H22ClN3O/c1-4-15-8-10-16(11-9-15)20-12-18(22(27)26-24-13-14(2)3)17-6-5-7-19(23)21(17)25-20/h5-14H,4H2,1-3H3,(H,26,27). The van der Waals surface area contributed by atoms with Gasteiger partial charge in [0.1, 0.15) is 0 Å². The van der Waals surface area contributed by atoms with Gasteiger partial charge in [0.05, 0.1) is 21.8 Å². The molecule has 138 valence electrons. The summed E-state index contributed by atoms with van der Waals surface area (Å²) in [7, 11) is 0. The number of hydrazone groups is 1. The van der Waals surface area contributed by atoms with Crippen LogP contribution in [-0.4, -0.2) is 17.1 Å². The van der Waals surface area contributed by atoms with Gasteiger partial charge < -0.3 is 0 Å². The first-order valence-electron chi connectivity index (χ1n) is 9.01. The van der Waals surface area contributed by atoms with Gasteiger partial charge in [0.2, 0.25) is 0 Å². The number of aryl methyl sites for hydroxylation is 1. The number of para-hydroxylation sites is 1. The SMILES string of the molecule is CCc1ccc(-c2cc(C(=O)NN=CC(C)C)c3cccc(Cl)c3n2)cc1. The molecule has 1 heterocycles. The van der Waals surface area contributed by atoms with E-state index in [0.717, 1.165) is 12.0 Å². The smallest absolute Gasteiger partial charge is 0.267 e. The number of hydrogen-bond donors (Lipinski definition) is 1. The number of carbonyl (C=O) groups excluding carboxylic acids is 1. The topological polar surface area (TPSA) is 54.4 Å². The van der Waals surface area contributed by atoms with Crippen LogP contribution in [0.1, 0.15) is 36.7 Å². The van der Waals surface area contributed by atoms with Gasteiger partial charge in [-0.25, -0.2) is 10.4 Å². The highest BCUT2D eigenvalue weighted by Crippen LogP contribution is 2.29. The molecule has 27 heavy (non-hydrogen) atoms. The predicted octanol–water partition coefficient (Wildman–Crippen LogP) is 5.49. The summed E-state index contributed by atoms with van der Waals surface area (Å²) in [5, 5.41) is 5.24. The maximum atomic E-state index is 12.7. The van der Waals surface area contributed by atoms with Crippen LogP contribution < -0.4 is 5.43 Å². The lowest BCUT2D eigenvalue weighted by atomic mass is 10.0. The van der Waals surface area contributed by atoms with E-state index in [4.69, 9.17) is 16.6 Å². The van der Waals surface area contributed by atoms with E-state index in [0.29, 0.717) is 27.2 Å². The first kappa shape index (κ1) is 19.1. The lowest BCUT2D eigenvalue weighted by Gasteiger charge is -2.10. The maximum Gasteiger partial charge on any atom is 0.272 e. The molecule has 1 aromatic heterocycles. The van der Waals surface area contributed by atoms with E-state index in [1.165, 1.54) is 5.56 Å². The summed E-state index contributed by atoms with van der Waals surface area (Å²) in [6.07, 6.45) is 2.66. The highest BCUT2D eigenvalue weighted by molar-refractivity contribution is 6.35. The molecule has 0 aliphatic rings. The van der Waals surface area contributed by atoms with E-state index in [-0.39, 0.29) is 11.8 Å². The van der Waals surface area contributed by atoms with Crippen LogP contribution >= 0.6 is 11.6 Å². The van der Waals surface area contributed by atoms with E-state index in [2.05, 4.69) is 29.6 Å². The second-order valence-electron chi connectivity index (χ2n) is 6.70. The zero-order chi connectivity index (χ0) is 19.4. The van der Waals surface area contributed by atoms with Gasteiger partial charge in [0.15, 0.2) is 0 Å². The molecule has 0 unspecified atom stereocenters. The van der Waals surface area contributed by atoms with Crippen LogP contribution in [0.25, 0.3) is 22.2 Å². The van der Waals surface area contributed by atoms with Crippen LogP contribution in [0.3, 0.4) is 0 Å². The van der Waals surface area contributed by atoms with Crippen molar-refractivity contribution in [3.8, 4) is 11.3 Å². The van der Waals surface area contributed by atoms with Gasteiger partial charge in [0, 0.05) is 17.2 Å². The number of halogens is 1. The Balaban J connectivity index is 2.10. The molecule has 1 N–H and O–H groups in total. The largest absolute Gasteiger partial charge is 0.272 e. The number of carbonyl (C=O) groups is 1. The molecular formula is C22H22ClN3O. The lowest BCUT2D eigenvalue weighted by Crippen LogP contribution is -2.18. The minimum Gasteiger partial charge on any atom is -0.267 e. The molecule has 0 radical (unpaired) electrons. The summed E-state index contributed by atoms with van der Waals surface area (Å²) in [5.74, 6) is -0.0328. The minimum atomic E-state index is -0.284. The van der Waals surface area contributed by atoms with Gasteiger partial charge in [-0.05, 0) is 30.0 Å². The zero-order valence-corrected chi connectivity index (χ0v) is 16.4. The van der Waals surface area contributed by atoms with Crippen molar-refractivity contribution in [3.63, 3.8) is 0 Å². The van der Waals surface area contributed by atoms with Crippen LogP contribution in [0, 0.1) is 5.92 Å². The van der Waals surface area contributed by atoms with Crippen molar-refractivity contribution in [2.45, 2.75) is 27.2 Å². The quantitative estimate of drug-likeness (QED) is 0.470. The Morgan fingerprint density at radius 1 is 1.22 bits per heavy atom. The molecule has 2 aromatic carbocycles. The Hall–Kier alpha value is -2.72. The van der Waals surface area contributed by atoms with Gasteiger partial charge in [-0.3, -0.25) is 4.79 Å². The minimum absolute atomic E-state index is 0.251. The van der Waals surface area contributed by atoms with Crippen molar-refractivity contribution < 1.29 is 4.79 Å². The van der Waals surface area contributed by atoms with Gasteiger partial charge >= 0.3 is 0 Å². The molecule has 0 saturated heterocycles. The summed E-state index contributed by atoms with van der Waals surface area (Å²) >= 11 is 6.36. The molecule has 3 rings (SSSR count). The molecule has 0 fully saturated rings. The first-order valence-corrected chi connectivity index (χ1v) is 9.39. The number of benzene rings is 2. The van der Waals surface area contributed by atoms with E-state index in [1.54, 1.807) is 18.3 Å². The number of pyridine rings is 1. The third-order valence-corrected chi connectivity index (χ3v) is 4.54. The van der Waals surface area contributed by atoms with Crippen LogP contribution in [0.15, 0.2) is 53.6 Å². The van der Waals surface area contributed by atoms with Gasteiger partial charge in [-0.1, -0.05) is 68.8 Å². The first-order chi connectivity index (χ1) is 13.0. The monoisotopic (exact) mass is 379 g/mol. The van der Waals surface area contributed by atoms with E-state index >= 15 is 0 Å². The molecule has 0 bridgehead atoms. The van der Waals surface area contributed by atoms with Crippen molar-refractivity contribution in [2.75, 3.05) is 0 Å². The van der Waals surface area contributed by atoms with Crippen molar-refractivity contribution in [3.05, 3.63) is 64.7 Å². The normalized spacial score (nSPS) is 11.4. The zero-order valence-electron chi connectivity index (χ0n) is 15.7. The van der Waals surface area contributed by atoms with Crippen LogP contribution in [0.4, 0.5) is 0 Å². The lowest BCUT2D eigenvalue weighted by molar-refractivity contribution is 0.0956. The van der Waals surface area contributed by atoms with Crippen molar-refractivity contribution in [2.24, 2.45) is 11.0 Å². The van der Waals surface area contributed by atoms with Crippen molar-refractivity contribution in [1.82, 2.24) is 10.4 Å². The predicted molar refractivity (Wildman–Crippen MR) is 112 cm³/mol. The molecule has 0 spiro atoms. The van der Waals surface area contributed by atoms with Gasteiger partial charge in [-0.2, -0.15) is 5.10 Å². The summed E-state index contributed by atoms with van der Waals surface area (Å²) in [5.41, 5.74) is 6.59. The number of fused-ring (bicyclic) bond motifs is 1. The highest BCUT2D eigenvalue weighted by atomic mass is 35.5. The highest BCUT2D eigenvalue weighted by Gasteiger charge is 2.15. The fourth-order valence-corrected chi connectivity index (χ4v) is 2.98. The molecule has 1 amide bonds. The summed E-state index contributed by atoms with van der Waals surface area (Å²) < 4.78 is 0. The molecule has 3 aromatic rings. The fraction of sp³-hybridized carbons (Fsp3) is 0.227. The van der Waals surface area contributed by atoms with Crippen LogP contribution in [-0.2, 0) is 6.42 Å². The molecule has 5 heteroatoms. The number of hydrogen-bond acceptors (Lipinski definition) is 3. The fourth-order valence-electron chi connectivity index (χ4n) is 2.77. The number of nitrogens with zero attached hydrogens (tertiary/aromatic N) is 2. The third kappa shape index (κ3) is 4.34. The Kier molecular flexibility index (Phi) is 5.87. The Morgan fingerprint density at radius 2 is 1.96 bits per heavy atom. The third-order valence-electron chi connectivity index (χ3n) is 4.23. The Bertz CT molecular complexity index is 994. The molecule has 0 saturated carbocycles. The summed E-state index contributed by atoms with van der Waals surface area (Å²) in [6, 6.07) is 15.4. The van der Waals surface area contributed by atoms with Gasteiger partial charge in [-0.15, -0.1) is 0 Å². The van der Waals surface area contributed by atoms with Crippen LogP contribution in [0.2, 0.25) is 5.02 Å². The average Bonchev–Trinajstić information content (AvgIpc) is 2.67. The van der Waals surface area contributed by atoms with Gasteiger partial charge in [0.25, 0.3) is 5.91 Å². The average molecular weight is 380 g/mol. The summed E-state index contributed by atoms with van der Waals surface area (Å²) in [6.45, 7) is 6.10.